The van der Waals surface area contributed by atoms with Crippen LogP contribution in [0.4, 0.5) is 0 Å². The fourth-order valence-electron chi connectivity index (χ4n) is 4.36. The van der Waals surface area contributed by atoms with Crippen molar-refractivity contribution in [2.75, 3.05) is 13.1 Å². The molecule has 2 N–H and O–H groups in total. The van der Waals surface area contributed by atoms with E-state index in [0.29, 0.717) is 10.0 Å². The number of quaternary nitrogens is 1. The van der Waals surface area contributed by atoms with Crippen molar-refractivity contribution in [1.29, 1.82) is 10.5 Å². The first-order chi connectivity index (χ1) is 18.1. The van der Waals surface area contributed by atoms with E-state index in [2.05, 4.69) is 46.0 Å². The molecule has 0 radical (unpaired) electrons. The molecule has 2 aromatic carbocycles. The first-order valence-electron chi connectivity index (χ1n) is 12.0. The number of hydrogen-bond acceptors (Lipinski definition) is 5. The molecule has 9 heteroatoms. The van der Waals surface area contributed by atoms with Gasteiger partial charge in [-0.2, -0.15) is 10.5 Å². The molecule has 2 aromatic heterocycles. The summed E-state index contributed by atoms with van der Waals surface area (Å²) >= 11 is 15.9. The van der Waals surface area contributed by atoms with Crippen molar-refractivity contribution in [3.63, 3.8) is 0 Å². The molecule has 0 amide bonds. The minimum Gasteiger partial charge on any atom is -1.00 e. The predicted octanol–water partition coefficient (Wildman–Crippen LogP) is 3.80. The summed E-state index contributed by atoms with van der Waals surface area (Å²) in [6.07, 6.45) is 2.01. The number of hydrogen-bond donors (Lipinski definition) is 1. The molecule has 2 atom stereocenters. The van der Waals surface area contributed by atoms with E-state index in [1.54, 1.807) is 11.3 Å². The minimum absolute atomic E-state index is 0. The van der Waals surface area contributed by atoms with E-state index in [1.807, 2.05) is 65.2 Å². The Morgan fingerprint density at radius 1 is 0.868 bits per heavy atom. The van der Waals surface area contributed by atoms with Crippen LogP contribution in [0.5, 0.6) is 0 Å². The maximum atomic E-state index is 9.51. The van der Waals surface area contributed by atoms with Gasteiger partial charge in [-0.1, -0.05) is 65.7 Å². The molecular formula is C29H27Cl3N4S2. The molecular weight excluding hydrogens is 575 g/mol. The lowest BCUT2D eigenvalue weighted by Gasteiger charge is -2.31. The van der Waals surface area contributed by atoms with E-state index in [4.69, 9.17) is 23.2 Å². The largest absolute Gasteiger partial charge is 1.00 e. The maximum Gasteiger partial charge on any atom is 0.200 e. The van der Waals surface area contributed by atoms with Crippen LogP contribution < -0.4 is 17.7 Å². The number of benzene rings is 2. The highest BCUT2D eigenvalue weighted by Gasteiger charge is 2.26. The molecule has 1 aliphatic rings. The zero-order valence-corrected chi connectivity index (χ0v) is 24.5. The van der Waals surface area contributed by atoms with Crippen LogP contribution in [0.3, 0.4) is 0 Å². The van der Waals surface area contributed by atoms with E-state index in [0.717, 1.165) is 43.6 Å². The second-order valence-corrected chi connectivity index (χ2v) is 11.5. The number of fused-ring (bicyclic) bond motifs is 1. The van der Waals surface area contributed by atoms with Gasteiger partial charge in [-0.3, -0.25) is 4.90 Å². The van der Waals surface area contributed by atoms with Gasteiger partial charge in [0.15, 0.2) is 0 Å². The van der Waals surface area contributed by atoms with Crippen molar-refractivity contribution in [2.24, 2.45) is 0 Å². The summed E-state index contributed by atoms with van der Waals surface area (Å²) in [5.74, 6) is 0. The third kappa shape index (κ3) is 7.82. The third-order valence-electron chi connectivity index (χ3n) is 6.28. The molecule has 5 rings (SSSR count). The lowest BCUT2D eigenvalue weighted by molar-refractivity contribution is -0.683. The smallest absolute Gasteiger partial charge is 0.200 e. The zero-order chi connectivity index (χ0) is 26.0. The van der Waals surface area contributed by atoms with Gasteiger partial charge in [0, 0.05) is 45.4 Å². The fraction of sp³-hybridized carbons (Fsp3) is 0.241. The van der Waals surface area contributed by atoms with Gasteiger partial charge in [0.1, 0.15) is 12.1 Å². The van der Waals surface area contributed by atoms with E-state index in [1.165, 1.54) is 15.3 Å². The van der Waals surface area contributed by atoms with E-state index in [9.17, 15) is 10.5 Å². The first kappa shape index (κ1) is 30.2. The number of halogens is 3. The number of thiophene rings is 2. The summed E-state index contributed by atoms with van der Waals surface area (Å²) in [6.45, 7) is 2.64. The summed E-state index contributed by atoms with van der Waals surface area (Å²) in [7, 11) is 0. The second-order valence-electron chi connectivity index (χ2n) is 8.62. The average Bonchev–Trinajstić information content (AvgIpc) is 3.61. The monoisotopic (exact) mass is 600 g/mol. The average molecular weight is 602 g/mol. The predicted molar refractivity (Wildman–Crippen MR) is 153 cm³/mol. The Morgan fingerprint density at radius 2 is 1.58 bits per heavy atom. The molecule has 0 unspecified atom stereocenters. The Hall–Kier alpha value is -2.39. The summed E-state index contributed by atoms with van der Waals surface area (Å²) in [6, 6.07) is 25.7. The van der Waals surface area contributed by atoms with Crippen LogP contribution in [0, 0.1) is 22.7 Å². The molecule has 38 heavy (non-hydrogen) atoms. The van der Waals surface area contributed by atoms with Crippen LogP contribution in [0.15, 0.2) is 77.5 Å². The standard InChI is InChI=1S/C15H13ClN2S.C14H13ClN2S.ClH/c16-13-4-2-1-3-12(13)14(9-17)18-7-5-15-11(10-18)6-8-19-15;15-13-6-2-1-5-12(13)14(10-16)17-8-7-11-4-3-9-18-11;/h1-4,6,8,14H,5,7,10H2;1-6,9,14,17H,7-8H2;1H/t2*14-;/m11./s1. The van der Waals surface area contributed by atoms with Crippen molar-refractivity contribution >= 4 is 45.9 Å². The molecule has 0 bridgehead atoms. The summed E-state index contributed by atoms with van der Waals surface area (Å²) in [4.78, 5) is 5.00. The Labute approximate surface area is 248 Å². The Kier molecular flexibility index (Phi) is 12.1. The molecule has 4 nitrogen and oxygen atoms in total. The molecule has 3 heterocycles. The van der Waals surface area contributed by atoms with Gasteiger partial charge in [-0.25, -0.2) is 0 Å². The fourth-order valence-corrected chi connectivity index (χ4v) is 6.47. The van der Waals surface area contributed by atoms with Crippen LogP contribution in [0.2, 0.25) is 10.0 Å². The summed E-state index contributed by atoms with van der Waals surface area (Å²) in [5, 5.41) is 26.3. The molecule has 0 spiro atoms. The molecule has 1 aliphatic heterocycles. The topological polar surface area (TPSA) is 67.4 Å². The lowest BCUT2D eigenvalue weighted by atomic mass is 10.0. The Balaban J connectivity index is 0.000000206. The molecule has 0 saturated heterocycles. The number of nitriles is 2. The number of rotatable bonds is 7. The van der Waals surface area contributed by atoms with E-state index in [-0.39, 0.29) is 24.5 Å². The quantitative estimate of drug-likeness (QED) is 0.351. The van der Waals surface area contributed by atoms with Crippen molar-refractivity contribution in [2.45, 2.75) is 31.5 Å². The van der Waals surface area contributed by atoms with Crippen LogP contribution in [-0.2, 0) is 19.4 Å². The SMILES string of the molecule is N#C[C@@H]([NH2+]CCc1cccs1)c1ccccc1Cl.N#C[C@H](c1ccccc1Cl)N1CCc2sccc2C1.[Cl-]. The Morgan fingerprint density at radius 3 is 2.21 bits per heavy atom. The number of nitrogens with zero attached hydrogens (tertiary/aromatic N) is 3. The van der Waals surface area contributed by atoms with Crippen molar-refractivity contribution in [1.82, 2.24) is 4.90 Å². The van der Waals surface area contributed by atoms with Crippen LogP contribution in [0.25, 0.3) is 0 Å². The maximum absolute atomic E-state index is 9.51. The highest BCUT2D eigenvalue weighted by molar-refractivity contribution is 7.10. The lowest BCUT2D eigenvalue weighted by Crippen LogP contribution is -3.00. The molecule has 0 aliphatic carbocycles. The normalized spacial score (nSPS) is 14.0. The zero-order valence-electron chi connectivity index (χ0n) is 20.6. The molecule has 4 aromatic rings. The van der Waals surface area contributed by atoms with Gasteiger partial charge in [-0.05, 0) is 47.0 Å². The first-order valence-corrected chi connectivity index (χ1v) is 14.5. The highest BCUT2D eigenvalue weighted by Crippen LogP contribution is 2.32. The van der Waals surface area contributed by atoms with Crippen LogP contribution in [0.1, 0.15) is 38.5 Å². The van der Waals surface area contributed by atoms with E-state index < -0.39 is 0 Å². The van der Waals surface area contributed by atoms with Crippen LogP contribution >= 0.6 is 45.9 Å². The summed E-state index contributed by atoms with van der Waals surface area (Å²) < 4.78 is 0. The van der Waals surface area contributed by atoms with Gasteiger partial charge in [0.25, 0.3) is 0 Å². The Bertz CT molecular complexity index is 1370. The van der Waals surface area contributed by atoms with Crippen molar-refractivity contribution < 1.29 is 17.7 Å². The molecule has 0 saturated carbocycles. The highest BCUT2D eigenvalue weighted by atomic mass is 35.5. The van der Waals surface area contributed by atoms with Gasteiger partial charge in [0.05, 0.1) is 17.6 Å². The summed E-state index contributed by atoms with van der Waals surface area (Å²) in [5.41, 5.74) is 3.15. The van der Waals surface area contributed by atoms with Gasteiger partial charge in [-0.15, -0.1) is 22.7 Å². The van der Waals surface area contributed by atoms with Crippen molar-refractivity contribution in [3.05, 3.63) is 114 Å². The van der Waals surface area contributed by atoms with Gasteiger partial charge >= 0.3 is 0 Å². The van der Waals surface area contributed by atoms with Crippen LogP contribution in [-0.4, -0.2) is 18.0 Å². The minimum atomic E-state index is -0.262. The van der Waals surface area contributed by atoms with Gasteiger partial charge < -0.3 is 17.7 Å². The van der Waals surface area contributed by atoms with Gasteiger partial charge in [0.2, 0.25) is 6.04 Å². The second kappa shape index (κ2) is 15.3. The number of nitrogens with two attached hydrogens (primary N) is 1. The molecule has 0 fully saturated rings. The van der Waals surface area contributed by atoms with Crippen molar-refractivity contribution in [3.8, 4) is 12.1 Å². The van der Waals surface area contributed by atoms with E-state index >= 15 is 0 Å². The molecule has 196 valence electrons. The third-order valence-corrected chi connectivity index (χ3v) is 8.92.